The summed E-state index contributed by atoms with van der Waals surface area (Å²) in [7, 11) is 0. The first-order valence-electron chi connectivity index (χ1n) is 17.5. The highest BCUT2D eigenvalue weighted by atomic mass is 16.5. The van der Waals surface area contributed by atoms with Gasteiger partial charge in [-0.2, -0.15) is 0 Å². The van der Waals surface area contributed by atoms with Gasteiger partial charge in [-0.25, -0.2) is 0 Å². The van der Waals surface area contributed by atoms with E-state index in [-0.39, 0.29) is 5.41 Å². The molecule has 2 heteroatoms. The summed E-state index contributed by atoms with van der Waals surface area (Å²) >= 11 is 0. The molecule has 0 radical (unpaired) electrons. The van der Waals surface area contributed by atoms with E-state index >= 15 is 0 Å². The van der Waals surface area contributed by atoms with Crippen molar-refractivity contribution in [2.24, 2.45) is 0 Å². The molecule has 3 aliphatic rings. The maximum Gasteiger partial charge on any atom is 0.140 e. The SMILES string of the molecule is CC1(C)c2ccccc2N(c2ccc3c(c2)-c2ccccc2C32c3ccc4ccccc4c3Oc3c2ccc2ccccc32)c2ccccc21. The van der Waals surface area contributed by atoms with Crippen LogP contribution in [-0.2, 0) is 10.8 Å². The highest BCUT2D eigenvalue weighted by molar-refractivity contribution is 6.00. The molecule has 236 valence electrons. The lowest BCUT2D eigenvalue weighted by Crippen LogP contribution is -2.32. The Morgan fingerprint density at radius 1 is 0.420 bits per heavy atom. The molecule has 0 saturated carbocycles. The summed E-state index contributed by atoms with van der Waals surface area (Å²) < 4.78 is 7.13. The molecule has 8 aromatic rings. The second-order valence-electron chi connectivity index (χ2n) is 14.4. The van der Waals surface area contributed by atoms with Crippen LogP contribution in [0.2, 0.25) is 0 Å². The van der Waals surface area contributed by atoms with Gasteiger partial charge in [0.15, 0.2) is 0 Å². The minimum Gasteiger partial charge on any atom is -0.455 e. The summed E-state index contributed by atoms with van der Waals surface area (Å²) in [6, 6.07) is 60.4. The molecule has 0 aromatic heterocycles. The van der Waals surface area contributed by atoms with E-state index in [0.717, 1.165) is 28.0 Å². The maximum atomic E-state index is 7.13. The number of hydrogen-bond acceptors (Lipinski definition) is 2. The average Bonchev–Trinajstić information content (AvgIpc) is 3.45. The molecule has 2 nitrogen and oxygen atoms in total. The fourth-order valence-corrected chi connectivity index (χ4v) is 9.48. The standard InChI is InChI=1S/C48H33NO/c1-47(2)39-19-9-11-21-43(39)49(44-22-12-10-20-40(44)47)32-25-28-38-36(29-32)35-17-7-8-18-37(35)48(38)41-26-23-30-13-3-5-15-33(30)45(41)50-46-34-16-6-4-14-31(34)24-27-42(46)48/h3-29H,1-2H3. The van der Waals surface area contributed by atoms with Crippen molar-refractivity contribution in [3.05, 3.63) is 197 Å². The number of ether oxygens (including phenoxy) is 1. The van der Waals surface area contributed by atoms with Gasteiger partial charge in [0, 0.05) is 33.0 Å². The quantitative estimate of drug-likeness (QED) is 0.177. The second kappa shape index (κ2) is 9.74. The van der Waals surface area contributed by atoms with Gasteiger partial charge >= 0.3 is 0 Å². The van der Waals surface area contributed by atoms with Crippen molar-refractivity contribution < 1.29 is 4.74 Å². The van der Waals surface area contributed by atoms with Gasteiger partial charge in [0.25, 0.3) is 0 Å². The van der Waals surface area contributed by atoms with Gasteiger partial charge in [0.05, 0.1) is 16.8 Å². The summed E-state index contributed by atoms with van der Waals surface area (Å²) in [5, 5.41) is 4.62. The Morgan fingerprint density at radius 3 is 1.52 bits per heavy atom. The van der Waals surface area contributed by atoms with Crippen molar-refractivity contribution in [2.45, 2.75) is 24.7 Å². The van der Waals surface area contributed by atoms with Crippen molar-refractivity contribution in [3.8, 4) is 22.6 Å². The zero-order valence-corrected chi connectivity index (χ0v) is 27.9. The van der Waals surface area contributed by atoms with Crippen LogP contribution in [-0.4, -0.2) is 0 Å². The fraction of sp³-hybridized carbons (Fsp3) is 0.0833. The van der Waals surface area contributed by atoms with Crippen LogP contribution in [0.25, 0.3) is 32.7 Å². The molecule has 2 heterocycles. The minimum absolute atomic E-state index is 0.113. The third kappa shape index (κ3) is 3.38. The van der Waals surface area contributed by atoms with E-state index < -0.39 is 5.41 Å². The first-order valence-corrected chi connectivity index (χ1v) is 17.5. The number of fused-ring (bicyclic) bond motifs is 15. The molecule has 0 fully saturated rings. The fourth-order valence-electron chi connectivity index (χ4n) is 9.48. The smallest absolute Gasteiger partial charge is 0.140 e. The lowest BCUT2D eigenvalue weighted by Gasteiger charge is -2.42. The van der Waals surface area contributed by atoms with Gasteiger partial charge in [0.2, 0.25) is 0 Å². The molecule has 0 N–H and O–H groups in total. The first kappa shape index (κ1) is 27.8. The number of anilines is 3. The second-order valence-corrected chi connectivity index (χ2v) is 14.4. The molecule has 0 bridgehead atoms. The van der Waals surface area contributed by atoms with E-state index in [4.69, 9.17) is 4.74 Å². The van der Waals surface area contributed by atoms with Gasteiger partial charge in [-0.3, -0.25) is 0 Å². The monoisotopic (exact) mass is 639 g/mol. The zero-order valence-electron chi connectivity index (χ0n) is 27.9. The zero-order chi connectivity index (χ0) is 33.2. The molecule has 0 unspecified atom stereocenters. The van der Waals surface area contributed by atoms with Crippen LogP contribution >= 0.6 is 0 Å². The molecule has 1 spiro atoms. The molecule has 8 aromatic carbocycles. The van der Waals surface area contributed by atoms with E-state index in [1.807, 2.05) is 0 Å². The largest absolute Gasteiger partial charge is 0.455 e. The third-order valence-corrected chi connectivity index (χ3v) is 11.7. The molecule has 11 rings (SSSR count). The Labute approximate surface area is 291 Å². The van der Waals surface area contributed by atoms with Crippen LogP contribution in [0.3, 0.4) is 0 Å². The average molecular weight is 640 g/mol. The molecule has 2 aliphatic heterocycles. The summed E-state index contributed by atoms with van der Waals surface area (Å²) in [4.78, 5) is 2.47. The summed E-state index contributed by atoms with van der Waals surface area (Å²) in [6.07, 6.45) is 0. The van der Waals surface area contributed by atoms with Gasteiger partial charge in [-0.1, -0.05) is 153 Å². The van der Waals surface area contributed by atoms with Crippen LogP contribution in [0, 0.1) is 0 Å². The Hall–Kier alpha value is -6.12. The molecule has 0 amide bonds. The van der Waals surface area contributed by atoms with Gasteiger partial charge < -0.3 is 9.64 Å². The molecular formula is C48H33NO. The predicted molar refractivity (Wildman–Crippen MR) is 206 cm³/mol. The predicted octanol–water partition coefficient (Wildman–Crippen LogP) is 12.6. The lowest BCUT2D eigenvalue weighted by molar-refractivity contribution is 0.447. The molecule has 1 aliphatic carbocycles. The Bertz CT molecular complexity index is 2600. The van der Waals surface area contributed by atoms with Crippen molar-refractivity contribution in [1.82, 2.24) is 0 Å². The topological polar surface area (TPSA) is 12.5 Å². The van der Waals surface area contributed by atoms with Gasteiger partial charge in [0.1, 0.15) is 11.5 Å². The van der Waals surface area contributed by atoms with Crippen LogP contribution in [0.4, 0.5) is 17.1 Å². The van der Waals surface area contributed by atoms with Crippen LogP contribution in [0.5, 0.6) is 11.5 Å². The van der Waals surface area contributed by atoms with E-state index in [2.05, 4.69) is 183 Å². The third-order valence-electron chi connectivity index (χ3n) is 11.7. The first-order chi connectivity index (χ1) is 24.6. The van der Waals surface area contributed by atoms with E-state index in [1.165, 1.54) is 66.7 Å². The van der Waals surface area contributed by atoms with Crippen molar-refractivity contribution in [2.75, 3.05) is 4.90 Å². The summed E-state index contributed by atoms with van der Waals surface area (Å²) in [6.45, 7) is 4.69. The molecule has 0 saturated heterocycles. The molecule has 50 heavy (non-hydrogen) atoms. The van der Waals surface area contributed by atoms with Crippen molar-refractivity contribution in [3.63, 3.8) is 0 Å². The maximum absolute atomic E-state index is 7.13. The van der Waals surface area contributed by atoms with Crippen LogP contribution in [0.15, 0.2) is 164 Å². The number of para-hydroxylation sites is 2. The highest BCUT2D eigenvalue weighted by Crippen LogP contribution is 2.64. The Kier molecular flexibility index (Phi) is 5.41. The molecular weight excluding hydrogens is 607 g/mol. The number of rotatable bonds is 1. The van der Waals surface area contributed by atoms with Crippen LogP contribution < -0.4 is 9.64 Å². The number of nitrogens with zero attached hydrogens (tertiary/aromatic N) is 1. The Balaban J connectivity index is 1.24. The van der Waals surface area contributed by atoms with Gasteiger partial charge in [-0.05, 0) is 68.4 Å². The van der Waals surface area contributed by atoms with E-state index in [9.17, 15) is 0 Å². The number of hydrogen-bond donors (Lipinski definition) is 0. The van der Waals surface area contributed by atoms with Crippen molar-refractivity contribution >= 4 is 38.6 Å². The lowest BCUT2D eigenvalue weighted by atomic mass is 9.65. The highest BCUT2D eigenvalue weighted by Gasteiger charge is 2.52. The van der Waals surface area contributed by atoms with Crippen LogP contribution in [0.1, 0.15) is 47.2 Å². The summed E-state index contributed by atoms with van der Waals surface area (Å²) in [5.74, 6) is 1.89. The summed E-state index contributed by atoms with van der Waals surface area (Å²) in [5.41, 5.74) is 13.1. The van der Waals surface area contributed by atoms with Crippen molar-refractivity contribution in [1.29, 1.82) is 0 Å². The van der Waals surface area contributed by atoms with E-state index in [0.29, 0.717) is 0 Å². The molecule has 0 atom stereocenters. The Morgan fingerprint density at radius 2 is 0.900 bits per heavy atom. The minimum atomic E-state index is -0.554. The number of benzene rings is 8. The van der Waals surface area contributed by atoms with E-state index in [1.54, 1.807) is 0 Å². The normalized spacial score (nSPS) is 15.4. The van der Waals surface area contributed by atoms with Gasteiger partial charge in [-0.15, -0.1) is 0 Å².